The smallest absolute Gasteiger partial charge is 0.255 e. The van der Waals surface area contributed by atoms with E-state index >= 15 is 0 Å². The zero-order valence-electron chi connectivity index (χ0n) is 15.2. The Kier molecular flexibility index (Phi) is 5.52. The van der Waals surface area contributed by atoms with Crippen molar-refractivity contribution < 1.29 is 14.3 Å². The van der Waals surface area contributed by atoms with Crippen LogP contribution in [0.25, 0.3) is 0 Å². The van der Waals surface area contributed by atoms with Gasteiger partial charge >= 0.3 is 0 Å². The van der Waals surface area contributed by atoms with Crippen molar-refractivity contribution in [2.75, 3.05) is 17.7 Å². The number of anilines is 2. The van der Waals surface area contributed by atoms with E-state index in [1.54, 1.807) is 61.7 Å². The molecule has 0 aliphatic heterocycles. The van der Waals surface area contributed by atoms with Crippen molar-refractivity contribution in [3.05, 3.63) is 89.5 Å². The van der Waals surface area contributed by atoms with Gasteiger partial charge in [-0.2, -0.15) is 0 Å². The molecule has 0 heterocycles. The van der Waals surface area contributed by atoms with Crippen molar-refractivity contribution in [1.82, 2.24) is 0 Å². The molecule has 0 aliphatic carbocycles. The highest BCUT2D eigenvalue weighted by molar-refractivity contribution is 6.05. The Balaban J connectivity index is 1.62. The van der Waals surface area contributed by atoms with Gasteiger partial charge in [-0.3, -0.25) is 9.59 Å². The Morgan fingerprint density at radius 2 is 1.30 bits per heavy atom. The van der Waals surface area contributed by atoms with Crippen LogP contribution in [0.3, 0.4) is 0 Å². The van der Waals surface area contributed by atoms with Gasteiger partial charge in [0.15, 0.2) is 0 Å². The summed E-state index contributed by atoms with van der Waals surface area (Å²) < 4.78 is 5.08. The van der Waals surface area contributed by atoms with E-state index in [0.29, 0.717) is 28.3 Å². The normalized spacial score (nSPS) is 10.1. The Hall–Kier alpha value is -3.60. The average molecular weight is 360 g/mol. The lowest BCUT2D eigenvalue weighted by Gasteiger charge is -2.09. The summed E-state index contributed by atoms with van der Waals surface area (Å²) in [7, 11) is 1.58. The molecule has 3 aromatic rings. The fourth-order valence-corrected chi connectivity index (χ4v) is 2.57. The molecule has 0 atom stereocenters. The van der Waals surface area contributed by atoms with Crippen LogP contribution in [0.4, 0.5) is 11.4 Å². The molecule has 5 nitrogen and oxygen atoms in total. The van der Waals surface area contributed by atoms with Crippen LogP contribution in [0, 0.1) is 6.92 Å². The van der Waals surface area contributed by atoms with Crippen molar-refractivity contribution >= 4 is 23.2 Å². The van der Waals surface area contributed by atoms with Crippen molar-refractivity contribution in [2.45, 2.75) is 6.92 Å². The summed E-state index contributed by atoms with van der Waals surface area (Å²) in [5.41, 5.74) is 3.46. The number of methoxy groups -OCH3 is 1. The summed E-state index contributed by atoms with van der Waals surface area (Å²) in [6, 6.07) is 21.2. The zero-order valence-corrected chi connectivity index (χ0v) is 15.2. The minimum absolute atomic E-state index is 0.172. The van der Waals surface area contributed by atoms with Crippen LogP contribution < -0.4 is 15.4 Å². The van der Waals surface area contributed by atoms with Crippen molar-refractivity contribution in [3.8, 4) is 5.75 Å². The maximum absolute atomic E-state index is 12.3. The van der Waals surface area contributed by atoms with E-state index in [-0.39, 0.29) is 11.8 Å². The van der Waals surface area contributed by atoms with Crippen LogP contribution >= 0.6 is 0 Å². The Bertz CT molecular complexity index is 948. The van der Waals surface area contributed by atoms with Gasteiger partial charge in [0, 0.05) is 22.5 Å². The van der Waals surface area contributed by atoms with Crippen molar-refractivity contribution in [1.29, 1.82) is 0 Å². The molecule has 3 rings (SSSR count). The van der Waals surface area contributed by atoms with Gasteiger partial charge in [-0.1, -0.05) is 17.7 Å². The minimum atomic E-state index is -0.214. The van der Waals surface area contributed by atoms with E-state index in [1.807, 2.05) is 25.1 Å². The second-order valence-electron chi connectivity index (χ2n) is 6.08. The molecule has 3 aromatic carbocycles. The van der Waals surface area contributed by atoms with Gasteiger partial charge in [0.05, 0.1) is 7.11 Å². The SMILES string of the molecule is COc1ccc(C(=O)Nc2ccc(NC(=O)c3cccc(C)c3)cc2)cc1. The Labute approximate surface area is 158 Å². The highest BCUT2D eigenvalue weighted by Gasteiger charge is 2.08. The number of benzene rings is 3. The number of rotatable bonds is 5. The molecule has 2 N–H and O–H groups in total. The van der Waals surface area contributed by atoms with Gasteiger partial charge in [0.25, 0.3) is 11.8 Å². The van der Waals surface area contributed by atoms with Gasteiger partial charge in [-0.05, 0) is 67.6 Å². The molecule has 0 bridgehead atoms. The number of carbonyl (C=O) groups excluding carboxylic acids is 2. The van der Waals surface area contributed by atoms with Crippen molar-refractivity contribution in [3.63, 3.8) is 0 Å². The molecule has 0 saturated carbocycles. The first kappa shape index (κ1) is 18.2. The highest BCUT2D eigenvalue weighted by Crippen LogP contribution is 2.17. The quantitative estimate of drug-likeness (QED) is 0.703. The molecular formula is C22H20N2O3. The molecule has 0 aromatic heterocycles. The van der Waals surface area contributed by atoms with Crippen LogP contribution in [0.2, 0.25) is 0 Å². The molecule has 0 fully saturated rings. The summed E-state index contributed by atoms with van der Waals surface area (Å²) in [5, 5.41) is 5.67. The monoisotopic (exact) mass is 360 g/mol. The number of ether oxygens (including phenoxy) is 1. The molecule has 0 spiro atoms. The molecule has 0 saturated heterocycles. The molecule has 0 radical (unpaired) electrons. The number of carbonyl (C=O) groups is 2. The van der Waals surface area contributed by atoms with E-state index in [9.17, 15) is 9.59 Å². The summed E-state index contributed by atoms with van der Waals surface area (Å²) in [5.74, 6) is 0.308. The van der Waals surface area contributed by atoms with Crippen molar-refractivity contribution in [2.24, 2.45) is 0 Å². The lowest BCUT2D eigenvalue weighted by atomic mass is 10.1. The van der Waals surface area contributed by atoms with E-state index < -0.39 is 0 Å². The standard InChI is InChI=1S/C22H20N2O3/c1-15-4-3-5-17(14-15)22(26)24-19-10-8-18(9-11-19)23-21(25)16-6-12-20(27-2)13-7-16/h3-14H,1-2H3,(H,23,25)(H,24,26). The number of aryl methyl sites for hydroxylation is 1. The average Bonchev–Trinajstić information content (AvgIpc) is 2.69. The lowest BCUT2D eigenvalue weighted by Crippen LogP contribution is -2.13. The summed E-state index contributed by atoms with van der Waals surface area (Å²) in [4.78, 5) is 24.5. The number of nitrogens with one attached hydrogen (secondary N) is 2. The highest BCUT2D eigenvalue weighted by atomic mass is 16.5. The first-order valence-corrected chi connectivity index (χ1v) is 8.48. The predicted octanol–water partition coefficient (Wildman–Crippen LogP) is 4.51. The van der Waals surface area contributed by atoms with Gasteiger partial charge < -0.3 is 15.4 Å². The van der Waals surface area contributed by atoms with Gasteiger partial charge in [0.2, 0.25) is 0 Å². The van der Waals surface area contributed by atoms with Crippen LogP contribution in [-0.2, 0) is 0 Å². The minimum Gasteiger partial charge on any atom is -0.497 e. The Morgan fingerprint density at radius 1 is 0.741 bits per heavy atom. The number of hydrogen-bond donors (Lipinski definition) is 2. The maximum Gasteiger partial charge on any atom is 0.255 e. The fourth-order valence-electron chi connectivity index (χ4n) is 2.57. The van der Waals surface area contributed by atoms with E-state index in [2.05, 4.69) is 10.6 Å². The molecule has 27 heavy (non-hydrogen) atoms. The van der Waals surface area contributed by atoms with E-state index in [4.69, 9.17) is 4.74 Å². The molecule has 2 amide bonds. The van der Waals surface area contributed by atoms with E-state index in [1.165, 1.54) is 0 Å². The molecule has 5 heteroatoms. The van der Waals surface area contributed by atoms with Crippen LogP contribution in [0.1, 0.15) is 26.3 Å². The number of amides is 2. The van der Waals surface area contributed by atoms with E-state index in [0.717, 1.165) is 5.56 Å². The molecule has 0 aliphatic rings. The first-order chi connectivity index (χ1) is 13.0. The number of hydrogen-bond acceptors (Lipinski definition) is 3. The van der Waals surface area contributed by atoms with Gasteiger partial charge in [-0.25, -0.2) is 0 Å². The maximum atomic E-state index is 12.3. The summed E-state index contributed by atoms with van der Waals surface area (Å²) in [6.07, 6.45) is 0. The largest absolute Gasteiger partial charge is 0.497 e. The van der Waals surface area contributed by atoms with Gasteiger partial charge in [-0.15, -0.1) is 0 Å². The molecular weight excluding hydrogens is 340 g/mol. The third kappa shape index (κ3) is 4.73. The topological polar surface area (TPSA) is 67.4 Å². The fraction of sp³-hybridized carbons (Fsp3) is 0.0909. The lowest BCUT2D eigenvalue weighted by molar-refractivity contribution is 0.101. The predicted molar refractivity (Wildman–Crippen MR) is 107 cm³/mol. The first-order valence-electron chi connectivity index (χ1n) is 8.48. The Morgan fingerprint density at radius 3 is 1.81 bits per heavy atom. The van der Waals surface area contributed by atoms with Crippen LogP contribution in [-0.4, -0.2) is 18.9 Å². The molecule has 0 unspecified atom stereocenters. The third-order valence-electron chi connectivity index (χ3n) is 4.03. The summed E-state index contributed by atoms with van der Waals surface area (Å²) in [6.45, 7) is 1.94. The third-order valence-corrected chi connectivity index (χ3v) is 4.03. The summed E-state index contributed by atoms with van der Waals surface area (Å²) >= 11 is 0. The van der Waals surface area contributed by atoms with Gasteiger partial charge in [0.1, 0.15) is 5.75 Å². The second kappa shape index (κ2) is 8.19. The zero-order chi connectivity index (χ0) is 19.2. The van der Waals surface area contributed by atoms with Crippen LogP contribution in [0.15, 0.2) is 72.8 Å². The van der Waals surface area contributed by atoms with Crippen LogP contribution in [0.5, 0.6) is 5.75 Å². The molecule has 136 valence electrons. The second-order valence-corrected chi connectivity index (χ2v) is 6.08.